The van der Waals surface area contributed by atoms with E-state index in [2.05, 4.69) is 5.32 Å². The Kier molecular flexibility index (Phi) is 2.99. The fraction of sp³-hybridized carbons (Fsp3) is 0.333. The zero-order valence-electron chi connectivity index (χ0n) is 9.51. The molecule has 1 aliphatic rings. The number of benzene rings is 1. The largest absolute Gasteiger partial charge is 0.481 e. The van der Waals surface area contributed by atoms with Gasteiger partial charge in [-0.3, -0.25) is 9.59 Å². The highest BCUT2D eigenvalue weighted by Gasteiger charge is 2.28. The Morgan fingerprint density at radius 1 is 1.53 bits per heavy atom. The summed E-state index contributed by atoms with van der Waals surface area (Å²) in [7, 11) is 1.68. The van der Waals surface area contributed by atoms with Crippen molar-refractivity contribution in [1.82, 2.24) is 4.90 Å². The van der Waals surface area contributed by atoms with Crippen LogP contribution in [-0.4, -0.2) is 35.0 Å². The molecule has 0 fully saturated rings. The van der Waals surface area contributed by atoms with Crippen LogP contribution in [0.15, 0.2) is 24.3 Å². The number of hydrogen-bond acceptors (Lipinski definition) is 3. The molecule has 0 unspecified atom stereocenters. The average molecular weight is 234 g/mol. The molecule has 90 valence electrons. The number of fused-ring (bicyclic) bond motifs is 1. The van der Waals surface area contributed by atoms with E-state index in [0.29, 0.717) is 6.54 Å². The minimum absolute atomic E-state index is 0.191. The standard InChI is InChI=1S/C12H14N2O3/c1-14-7-8-4-2-3-5-9(8)13-10(12(14)17)6-11(15)16/h2-5,10,13H,6-7H2,1H3,(H,15,16)/t10-/m0/s1. The average Bonchev–Trinajstić information content (AvgIpc) is 2.38. The number of carboxylic acids is 1. The summed E-state index contributed by atoms with van der Waals surface area (Å²) < 4.78 is 0. The van der Waals surface area contributed by atoms with Crippen LogP contribution in [0.2, 0.25) is 0 Å². The van der Waals surface area contributed by atoms with Gasteiger partial charge in [-0.05, 0) is 11.6 Å². The first-order chi connectivity index (χ1) is 8.08. The fourth-order valence-corrected chi connectivity index (χ4v) is 1.96. The van der Waals surface area contributed by atoms with Gasteiger partial charge in [0.05, 0.1) is 6.42 Å². The lowest BCUT2D eigenvalue weighted by atomic mass is 10.1. The maximum absolute atomic E-state index is 11.9. The molecule has 1 aromatic carbocycles. The van der Waals surface area contributed by atoms with Crippen LogP contribution in [0.25, 0.3) is 0 Å². The highest BCUT2D eigenvalue weighted by molar-refractivity contribution is 5.89. The number of nitrogens with zero attached hydrogens (tertiary/aromatic N) is 1. The molecule has 0 bridgehead atoms. The molecule has 0 aliphatic carbocycles. The molecule has 1 aliphatic heterocycles. The van der Waals surface area contributed by atoms with E-state index < -0.39 is 12.0 Å². The first-order valence-electron chi connectivity index (χ1n) is 5.39. The van der Waals surface area contributed by atoms with Gasteiger partial charge in [0.25, 0.3) is 0 Å². The van der Waals surface area contributed by atoms with Crippen molar-refractivity contribution in [1.29, 1.82) is 0 Å². The number of anilines is 1. The first kappa shape index (κ1) is 11.4. The van der Waals surface area contributed by atoms with Crippen LogP contribution in [0.4, 0.5) is 5.69 Å². The molecule has 0 saturated carbocycles. The molecular formula is C12H14N2O3. The molecule has 0 aromatic heterocycles. The van der Waals surface area contributed by atoms with E-state index in [4.69, 9.17) is 5.11 Å². The third kappa shape index (κ3) is 2.38. The van der Waals surface area contributed by atoms with E-state index in [1.807, 2.05) is 24.3 Å². The lowest BCUT2D eigenvalue weighted by Crippen LogP contribution is -2.39. The summed E-state index contributed by atoms with van der Waals surface area (Å²) >= 11 is 0. The van der Waals surface area contributed by atoms with Crippen molar-refractivity contribution in [3.63, 3.8) is 0 Å². The Hall–Kier alpha value is -2.04. The summed E-state index contributed by atoms with van der Waals surface area (Å²) in [6.45, 7) is 0.498. The van der Waals surface area contributed by atoms with Crippen molar-refractivity contribution < 1.29 is 14.7 Å². The smallest absolute Gasteiger partial charge is 0.305 e. The van der Waals surface area contributed by atoms with Crippen molar-refractivity contribution in [2.24, 2.45) is 0 Å². The summed E-state index contributed by atoms with van der Waals surface area (Å²) in [6, 6.07) is 6.85. The third-order valence-electron chi connectivity index (χ3n) is 2.81. The topological polar surface area (TPSA) is 69.6 Å². The molecular weight excluding hydrogens is 220 g/mol. The number of carbonyl (C=O) groups is 2. The predicted octanol–water partition coefficient (Wildman–Crippen LogP) is 0.914. The summed E-state index contributed by atoms with van der Waals surface area (Å²) in [6.07, 6.45) is -0.211. The lowest BCUT2D eigenvalue weighted by Gasteiger charge is -2.19. The minimum Gasteiger partial charge on any atom is -0.481 e. The van der Waals surface area contributed by atoms with Crippen LogP contribution in [-0.2, 0) is 16.1 Å². The Morgan fingerprint density at radius 2 is 2.24 bits per heavy atom. The maximum atomic E-state index is 11.9. The number of rotatable bonds is 2. The second kappa shape index (κ2) is 4.45. The van der Waals surface area contributed by atoms with Crippen molar-refractivity contribution in [2.45, 2.75) is 19.0 Å². The molecule has 5 heteroatoms. The van der Waals surface area contributed by atoms with E-state index in [9.17, 15) is 9.59 Å². The van der Waals surface area contributed by atoms with E-state index in [1.54, 1.807) is 11.9 Å². The Labute approximate surface area is 99.0 Å². The van der Waals surface area contributed by atoms with Gasteiger partial charge in [-0.25, -0.2) is 0 Å². The highest BCUT2D eigenvalue weighted by atomic mass is 16.4. The maximum Gasteiger partial charge on any atom is 0.305 e. The number of nitrogens with one attached hydrogen (secondary N) is 1. The molecule has 1 atom stereocenters. The Morgan fingerprint density at radius 3 is 2.94 bits per heavy atom. The molecule has 0 saturated heterocycles. The number of para-hydroxylation sites is 1. The summed E-state index contributed by atoms with van der Waals surface area (Å²) in [4.78, 5) is 24.2. The molecule has 0 spiro atoms. The Bertz CT molecular complexity index is 459. The summed E-state index contributed by atoms with van der Waals surface area (Å²) in [5, 5.41) is 11.8. The molecule has 1 heterocycles. The predicted molar refractivity (Wildman–Crippen MR) is 62.6 cm³/mol. The molecule has 2 rings (SSSR count). The summed E-state index contributed by atoms with van der Waals surface area (Å²) in [5.74, 6) is -1.17. The third-order valence-corrected chi connectivity index (χ3v) is 2.81. The SMILES string of the molecule is CN1Cc2ccccc2N[C@@H](CC(=O)O)C1=O. The summed E-state index contributed by atoms with van der Waals surface area (Å²) in [5.41, 5.74) is 1.83. The van der Waals surface area contributed by atoms with Gasteiger partial charge in [-0.15, -0.1) is 0 Å². The van der Waals surface area contributed by atoms with Crippen LogP contribution in [0.5, 0.6) is 0 Å². The van der Waals surface area contributed by atoms with Crippen LogP contribution in [0.1, 0.15) is 12.0 Å². The number of carboxylic acid groups (broad SMARTS) is 1. The number of likely N-dealkylation sites (N-methyl/N-ethyl adjacent to an activating group) is 1. The lowest BCUT2D eigenvalue weighted by molar-refractivity contribution is -0.141. The highest BCUT2D eigenvalue weighted by Crippen LogP contribution is 2.22. The number of amides is 1. The molecule has 5 nitrogen and oxygen atoms in total. The van der Waals surface area contributed by atoms with Gasteiger partial charge in [0, 0.05) is 19.3 Å². The fourth-order valence-electron chi connectivity index (χ4n) is 1.96. The van der Waals surface area contributed by atoms with Crippen LogP contribution < -0.4 is 5.32 Å². The van der Waals surface area contributed by atoms with Crippen LogP contribution >= 0.6 is 0 Å². The molecule has 2 N–H and O–H groups in total. The normalized spacial score (nSPS) is 19.2. The van der Waals surface area contributed by atoms with E-state index >= 15 is 0 Å². The van der Waals surface area contributed by atoms with Gasteiger partial charge in [-0.1, -0.05) is 18.2 Å². The van der Waals surface area contributed by atoms with Gasteiger partial charge in [-0.2, -0.15) is 0 Å². The molecule has 0 radical (unpaired) electrons. The van der Waals surface area contributed by atoms with Crippen LogP contribution in [0.3, 0.4) is 0 Å². The van der Waals surface area contributed by atoms with Gasteiger partial charge in [0.2, 0.25) is 5.91 Å². The van der Waals surface area contributed by atoms with Gasteiger partial charge < -0.3 is 15.3 Å². The Balaban J connectivity index is 2.31. The zero-order valence-corrected chi connectivity index (χ0v) is 9.51. The van der Waals surface area contributed by atoms with Crippen molar-refractivity contribution in [3.05, 3.63) is 29.8 Å². The van der Waals surface area contributed by atoms with Crippen molar-refractivity contribution in [2.75, 3.05) is 12.4 Å². The van der Waals surface area contributed by atoms with E-state index in [1.165, 1.54) is 0 Å². The minimum atomic E-state index is -0.983. The van der Waals surface area contributed by atoms with Crippen molar-refractivity contribution >= 4 is 17.6 Å². The van der Waals surface area contributed by atoms with E-state index in [0.717, 1.165) is 11.3 Å². The quantitative estimate of drug-likeness (QED) is 0.798. The molecule has 1 amide bonds. The van der Waals surface area contributed by atoms with Gasteiger partial charge in [0.1, 0.15) is 6.04 Å². The second-order valence-electron chi connectivity index (χ2n) is 4.15. The van der Waals surface area contributed by atoms with Gasteiger partial charge in [0.15, 0.2) is 0 Å². The van der Waals surface area contributed by atoms with E-state index in [-0.39, 0.29) is 12.3 Å². The van der Waals surface area contributed by atoms with Gasteiger partial charge >= 0.3 is 5.97 Å². The zero-order chi connectivity index (χ0) is 12.4. The van der Waals surface area contributed by atoms with Crippen molar-refractivity contribution in [3.8, 4) is 0 Å². The molecule has 17 heavy (non-hydrogen) atoms. The van der Waals surface area contributed by atoms with Crippen LogP contribution in [0, 0.1) is 0 Å². The first-order valence-corrected chi connectivity index (χ1v) is 5.39. The molecule has 1 aromatic rings. The number of aliphatic carboxylic acids is 1. The number of carbonyl (C=O) groups excluding carboxylic acids is 1. The number of hydrogen-bond donors (Lipinski definition) is 2. The second-order valence-corrected chi connectivity index (χ2v) is 4.15. The monoisotopic (exact) mass is 234 g/mol.